The smallest absolute Gasteiger partial charge is 0.304 e. The zero-order valence-corrected chi connectivity index (χ0v) is 13.4. The molecule has 118 valence electrons. The highest BCUT2D eigenvalue weighted by molar-refractivity contribution is 5.78. The lowest BCUT2D eigenvalue weighted by Crippen LogP contribution is -2.43. The first-order valence-electron chi connectivity index (χ1n) is 7.62. The van der Waals surface area contributed by atoms with Gasteiger partial charge in [0.25, 0.3) is 0 Å². The molecule has 0 saturated heterocycles. The molecular weight excluding hydrogens is 256 g/mol. The van der Waals surface area contributed by atoms with Gasteiger partial charge in [0, 0.05) is 26.2 Å². The standard InChI is InChI=1S/C15H30N2O3/c1-5-8-17(9-6-2)14(18)12-16(11-13(3)4)10-7-15(19)20/h13H,5-12H2,1-4H3,(H,19,20). The average molecular weight is 286 g/mol. The van der Waals surface area contributed by atoms with Crippen molar-refractivity contribution in [2.24, 2.45) is 5.92 Å². The summed E-state index contributed by atoms with van der Waals surface area (Å²) >= 11 is 0. The molecule has 0 aliphatic heterocycles. The van der Waals surface area contributed by atoms with Crippen molar-refractivity contribution in [3.05, 3.63) is 0 Å². The molecule has 0 unspecified atom stereocenters. The Labute approximate surface area is 122 Å². The van der Waals surface area contributed by atoms with Gasteiger partial charge in [-0.1, -0.05) is 27.7 Å². The second-order valence-electron chi connectivity index (χ2n) is 5.65. The summed E-state index contributed by atoms with van der Waals surface area (Å²) in [6, 6.07) is 0. The first-order chi connectivity index (χ1) is 9.40. The van der Waals surface area contributed by atoms with Crippen molar-refractivity contribution in [3.8, 4) is 0 Å². The third-order valence-electron chi connectivity index (χ3n) is 2.96. The Morgan fingerprint density at radius 1 is 1.05 bits per heavy atom. The molecule has 0 aromatic heterocycles. The number of aliphatic carboxylic acids is 1. The maximum atomic E-state index is 12.3. The number of carbonyl (C=O) groups is 2. The average Bonchev–Trinajstić information content (AvgIpc) is 2.34. The number of carbonyl (C=O) groups excluding carboxylic acids is 1. The van der Waals surface area contributed by atoms with Gasteiger partial charge in [0.05, 0.1) is 13.0 Å². The Bertz CT molecular complexity index is 287. The predicted molar refractivity (Wildman–Crippen MR) is 80.7 cm³/mol. The van der Waals surface area contributed by atoms with E-state index in [2.05, 4.69) is 27.7 Å². The summed E-state index contributed by atoms with van der Waals surface area (Å²) in [7, 11) is 0. The molecule has 1 N–H and O–H groups in total. The molecule has 5 heteroatoms. The van der Waals surface area contributed by atoms with Crippen molar-refractivity contribution in [1.82, 2.24) is 9.80 Å². The summed E-state index contributed by atoms with van der Waals surface area (Å²) in [5.41, 5.74) is 0. The van der Waals surface area contributed by atoms with Crippen LogP contribution in [0.5, 0.6) is 0 Å². The van der Waals surface area contributed by atoms with Gasteiger partial charge in [-0.3, -0.25) is 14.5 Å². The van der Waals surface area contributed by atoms with Gasteiger partial charge in [0.15, 0.2) is 0 Å². The number of amides is 1. The molecule has 0 atom stereocenters. The number of nitrogens with zero attached hydrogens (tertiary/aromatic N) is 2. The highest BCUT2D eigenvalue weighted by Gasteiger charge is 2.17. The molecule has 0 aliphatic carbocycles. The monoisotopic (exact) mass is 286 g/mol. The molecule has 0 rings (SSSR count). The molecule has 5 nitrogen and oxygen atoms in total. The number of carboxylic acids is 1. The Kier molecular flexibility index (Phi) is 10.1. The number of hydrogen-bond donors (Lipinski definition) is 1. The van der Waals surface area contributed by atoms with Crippen LogP contribution in [0.15, 0.2) is 0 Å². The van der Waals surface area contributed by atoms with Crippen LogP contribution in [-0.4, -0.2) is 59.5 Å². The van der Waals surface area contributed by atoms with E-state index < -0.39 is 5.97 Å². The fourth-order valence-electron chi connectivity index (χ4n) is 2.20. The molecule has 0 radical (unpaired) electrons. The minimum Gasteiger partial charge on any atom is -0.481 e. The van der Waals surface area contributed by atoms with Gasteiger partial charge in [0.1, 0.15) is 0 Å². The maximum Gasteiger partial charge on any atom is 0.304 e. The highest BCUT2D eigenvalue weighted by atomic mass is 16.4. The van der Waals surface area contributed by atoms with Gasteiger partial charge in [-0.05, 0) is 18.8 Å². The van der Waals surface area contributed by atoms with Gasteiger partial charge in [-0.2, -0.15) is 0 Å². The largest absolute Gasteiger partial charge is 0.481 e. The molecule has 0 aliphatic rings. The Balaban J connectivity index is 4.50. The molecule has 0 bridgehead atoms. The van der Waals surface area contributed by atoms with E-state index in [9.17, 15) is 9.59 Å². The van der Waals surface area contributed by atoms with Crippen molar-refractivity contribution in [2.75, 3.05) is 32.7 Å². The third-order valence-corrected chi connectivity index (χ3v) is 2.96. The Morgan fingerprint density at radius 3 is 2.00 bits per heavy atom. The number of rotatable bonds is 11. The van der Waals surface area contributed by atoms with Crippen LogP contribution in [0.4, 0.5) is 0 Å². The van der Waals surface area contributed by atoms with Crippen LogP contribution < -0.4 is 0 Å². The Morgan fingerprint density at radius 2 is 1.60 bits per heavy atom. The topological polar surface area (TPSA) is 60.9 Å². The molecule has 0 aromatic carbocycles. The van der Waals surface area contributed by atoms with Crippen molar-refractivity contribution in [2.45, 2.75) is 47.0 Å². The van der Waals surface area contributed by atoms with Crippen LogP contribution in [0, 0.1) is 5.92 Å². The number of carboxylic acid groups (broad SMARTS) is 1. The van der Waals surface area contributed by atoms with Crippen molar-refractivity contribution < 1.29 is 14.7 Å². The maximum absolute atomic E-state index is 12.3. The summed E-state index contributed by atoms with van der Waals surface area (Å²) in [6.07, 6.45) is 1.98. The molecule has 1 amide bonds. The van der Waals surface area contributed by atoms with Crippen molar-refractivity contribution >= 4 is 11.9 Å². The van der Waals surface area contributed by atoms with E-state index in [0.29, 0.717) is 19.0 Å². The molecular formula is C15H30N2O3. The highest BCUT2D eigenvalue weighted by Crippen LogP contribution is 2.03. The van der Waals surface area contributed by atoms with Crippen LogP contribution in [0.2, 0.25) is 0 Å². The van der Waals surface area contributed by atoms with E-state index in [-0.39, 0.29) is 12.3 Å². The van der Waals surface area contributed by atoms with Gasteiger partial charge in [-0.15, -0.1) is 0 Å². The van der Waals surface area contributed by atoms with Crippen LogP contribution in [0.25, 0.3) is 0 Å². The molecule has 0 spiro atoms. The van der Waals surface area contributed by atoms with E-state index in [0.717, 1.165) is 32.5 Å². The zero-order chi connectivity index (χ0) is 15.5. The zero-order valence-electron chi connectivity index (χ0n) is 13.4. The first-order valence-corrected chi connectivity index (χ1v) is 7.62. The quantitative estimate of drug-likeness (QED) is 0.631. The van der Waals surface area contributed by atoms with Crippen molar-refractivity contribution in [3.63, 3.8) is 0 Å². The summed E-state index contributed by atoms with van der Waals surface area (Å²) in [5.74, 6) is -0.285. The second-order valence-corrected chi connectivity index (χ2v) is 5.65. The van der Waals surface area contributed by atoms with Gasteiger partial charge in [0.2, 0.25) is 5.91 Å². The minimum atomic E-state index is -0.815. The molecule has 0 aromatic rings. The second kappa shape index (κ2) is 10.7. The van der Waals surface area contributed by atoms with Crippen LogP contribution in [0.3, 0.4) is 0 Å². The number of hydrogen-bond acceptors (Lipinski definition) is 3. The fraction of sp³-hybridized carbons (Fsp3) is 0.867. The summed E-state index contributed by atoms with van der Waals surface area (Å²) in [4.78, 5) is 26.8. The first kappa shape index (κ1) is 18.9. The van der Waals surface area contributed by atoms with E-state index in [4.69, 9.17) is 5.11 Å². The fourth-order valence-corrected chi connectivity index (χ4v) is 2.20. The summed E-state index contributed by atoms with van der Waals surface area (Å²) < 4.78 is 0. The van der Waals surface area contributed by atoms with E-state index in [1.54, 1.807) is 0 Å². The lowest BCUT2D eigenvalue weighted by Gasteiger charge is -2.27. The van der Waals surface area contributed by atoms with Gasteiger partial charge in [-0.25, -0.2) is 0 Å². The van der Waals surface area contributed by atoms with E-state index in [1.165, 1.54) is 0 Å². The minimum absolute atomic E-state index is 0.0849. The van der Waals surface area contributed by atoms with E-state index in [1.807, 2.05) is 9.80 Å². The third kappa shape index (κ3) is 8.91. The lowest BCUT2D eigenvalue weighted by molar-refractivity contribution is -0.138. The van der Waals surface area contributed by atoms with Crippen molar-refractivity contribution in [1.29, 1.82) is 0 Å². The van der Waals surface area contributed by atoms with Gasteiger partial charge < -0.3 is 10.0 Å². The Hall–Kier alpha value is -1.10. The SMILES string of the molecule is CCCN(CCC)C(=O)CN(CCC(=O)O)CC(C)C. The summed E-state index contributed by atoms with van der Waals surface area (Å²) in [6.45, 7) is 11.4. The normalized spacial score (nSPS) is 11.1. The molecule has 20 heavy (non-hydrogen) atoms. The summed E-state index contributed by atoms with van der Waals surface area (Å²) in [5, 5.41) is 8.79. The van der Waals surface area contributed by atoms with Crippen LogP contribution in [0.1, 0.15) is 47.0 Å². The lowest BCUT2D eigenvalue weighted by atomic mass is 10.2. The predicted octanol–water partition coefficient (Wildman–Crippen LogP) is 2.07. The molecule has 0 heterocycles. The van der Waals surface area contributed by atoms with Gasteiger partial charge >= 0.3 is 5.97 Å². The molecule has 0 fully saturated rings. The van der Waals surface area contributed by atoms with Crippen LogP contribution >= 0.6 is 0 Å². The van der Waals surface area contributed by atoms with Crippen LogP contribution in [-0.2, 0) is 9.59 Å². The molecule has 0 saturated carbocycles. The van der Waals surface area contributed by atoms with E-state index >= 15 is 0 Å².